The lowest BCUT2D eigenvalue weighted by Gasteiger charge is -2.27. The molecule has 0 atom stereocenters. The molecule has 0 N–H and O–H groups in total. The Bertz CT molecular complexity index is 886. The van der Waals surface area contributed by atoms with E-state index < -0.39 is 5.41 Å². The minimum atomic E-state index is -0.490. The fourth-order valence-corrected chi connectivity index (χ4v) is 3.37. The summed E-state index contributed by atoms with van der Waals surface area (Å²) in [7, 11) is 0. The van der Waals surface area contributed by atoms with Crippen LogP contribution in [-0.4, -0.2) is 9.55 Å². The Morgan fingerprint density at radius 1 is 0.958 bits per heavy atom. The molecule has 0 radical (unpaired) electrons. The topological polar surface area (TPSA) is 17.8 Å². The van der Waals surface area contributed by atoms with E-state index in [2.05, 4.69) is 4.98 Å². The first-order valence-electron chi connectivity index (χ1n) is 7.25. The van der Waals surface area contributed by atoms with E-state index in [9.17, 15) is 4.39 Å². The average Bonchev–Trinajstić information content (AvgIpc) is 2.93. The van der Waals surface area contributed by atoms with E-state index in [1.165, 1.54) is 12.1 Å². The van der Waals surface area contributed by atoms with Gasteiger partial charge in [-0.15, -0.1) is 0 Å². The first kappa shape index (κ1) is 17.3. The van der Waals surface area contributed by atoms with Gasteiger partial charge in [-0.3, -0.25) is 0 Å². The number of nitrogens with zero attached hydrogens (tertiary/aromatic N) is 2. The molecule has 0 saturated heterocycles. The molecule has 0 unspecified atom stereocenters. The van der Waals surface area contributed by atoms with Gasteiger partial charge in [0.05, 0.1) is 15.7 Å². The zero-order valence-corrected chi connectivity index (χ0v) is 15.3. The molecule has 6 heteroatoms. The molecule has 0 saturated carbocycles. The van der Waals surface area contributed by atoms with Crippen LogP contribution in [0.5, 0.6) is 0 Å². The fraction of sp³-hybridized carbons (Fsp3) is 0.167. The molecule has 0 spiro atoms. The second kappa shape index (κ2) is 6.40. The van der Waals surface area contributed by atoms with Crippen molar-refractivity contribution in [1.29, 1.82) is 0 Å². The highest BCUT2D eigenvalue weighted by molar-refractivity contribution is 6.42. The van der Waals surface area contributed by atoms with E-state index in [0.717, 1.165) is 16.9 Å². The van der Waals surface area contributed by atoms with Gasteiger partial charge in [0.15, 0.2) is 5.15 Å². The van der Waals surface area contributed by atoms with Gasteiger partial charge in [-0.05, 0) is 42.0 Å². The summed E-state index contributed by atoms with van der Waals surface area (Å²) in [5.41, 5.74) is 2.02. The van der Waals surface area contributed by atoms with E-state index in [-0.39, 0.29) is 5.82 Å². The van der Waals surface area contributed by atoms with Crippen molar-refractivity contribution in [2.24, 2.45) is 0 Å². The maximum atomic E-state index is 13.2. The lowest BCUT2D eigenvalue weighted by Crippen LogP contribution is -2.23. The maximum absolute atomic E-state index is 13.2. The summed E-state index contributed by atoms with van der Waals surface area (Å²) >= 11 is 18.6. The number of imidazole rings is 1. The Kier molecular flexibility index (Phi) is 4.60. The molecule has 0 amide bonds. The van der Waals surface area contributed by atoms with Crippen molar-refractivity contribution in [2.45, 2.75) is 19.3 Å². The number of hydrogen-bond donors (Lipinski definition) is 0. The first-order chi connectivity index (χ1) is 11.3. The second-order valence-corrected chi connectivity index (χ2v) is 7.16. The fourth-order valence-electron chi connectivity index (χ4n) is 2.70. The van der Waals surface area contributed by atoms with Crippen LogP contribution < -0.4 is 0 Å². The molecule has 1 aromatic heterocycles. The molecule has 2 nitrogen and oxygen atoms in total. The van der Waals surface area contributed by atoms with Crippen molar-refractivity contribution < 1.29 is 4.39 Å². The predicted molar refractivity (Wildman–Crippen MR) is 97.1 cm³/mol. The van der Waals surface area contributed by atoms with Crippen LogP contribution in [-0.2, 0) is 5.41 Å². The second-order valence-electron chi connectivity index (χ2n) is 5.98. The Labute approximate surface area is 154 Å². The smallest absolute Gasteiger partial charge is 0.151 e. The molecule has 24 heavy (non-hydrogen) atoms. The van der Waals surface area contributed by atoms with Crippen molar-refractivity contribution in [3.63, 3.8) is 0 Å². The number of rotatable bonds is 3. The third-order valence-corrected chi connectivity index (χ3v) is 5.08. The summed E-state index contributed by atoms with van der Waals surface area (Å²) in [6.45, 7) is 4.05. The minimum absolute atomic E-state index is 0.296. The highest BCUT2D eigenvalue weighted by atomic mass is 35.5. The van der Waals surface area contributed by atoms with Crippen LogP contribution in [0.2, 0.25) is 15.2 Å². The van der Waals surface area contributed by atoms with Gasteiger partial charge in [0.25, 0.3) is 0 Å². The summed E-state index contributed by atoms with van der Waals surface area (Å²) < 4.78 is 15.1. The summed E-state index contributed by atoms with van der Waals surface area (Å²) in [6, 6.07) is 11.7. The van der Waals surface area contributed by atoms with Gasteiger partial charge < -0.3 is 4.57 Å². The van der Waals surface area contributed by atoms with E-state index in [1.807, 2.05) is 30.5 Å². The van der Waals surface area contributed by atoms with E-state index in [1.54, 1.807) is 24.5 Å². The van der Waals surface area contributed by atoms with Crippen LogP contribution in [0.15, 0.2) is 48.8 Å². The number of benzene rings is 2. The summed E-state index contributed by atoms with van der Waals surface area (Å²) in [5, 5.41) is 1.36. The van der Waals surface area contributed by atoms with Gasteiger partial charge in [-0.1, -0.05) is 54.7 Å². The molecule has 0 aliphatic carbocycles. The van der Waals surface area contributed by atoms with Crippen LogP contribution in [0.1, 0.15) is 25.1 Å². The van der Waals surface area contributed by atoms with Crippen LogP contribution in [0.3, 0.4) is 0 Å². The largest absolute Gasteiger partial charge is 0.301 e. The SMILES string of the molecule is CC(C)(c1ccc(Cl)c(Cl)c1)c1c(Cl)ncn1-c1ccc(F)cc1. The predicted octanol–water partition coefficient (Wildman–Crippen LogP) is 6.30. The Morgan fingerprint density at radius 2 is 1.62 bits per heavy atom. The van der Waals surface area contributed by atoms with E-state index in [0.29, 0.717) is 15.2 Å². The number of halogens is 4. The van der Waals surface area contributed by atoms with Crippen molar-refractivity contribution in [2.75, 3.05) is 0 Å². The number of aromatic nitrogens is 2. The summed E-state index contributed by atoms with van der Waals surface area (Å²) in [5.74, 6) is -0.296. The zero-order chi connectivity index (χ0) is 17.5. The molecular weight excluding hydrogens is 370 g/mol. The molecule has 2 aromatic carbocycles. The monoisotopic (exact) mass is 382 g/mol. The normalized spacial score (nSPS) is 11.8. The van der Waals surface area contributed by atoms with Crippen molar-refractivity contribution in [3.05, 3.63) is 81.1 Å². The first-order valence-corrected chi connectivity index (χ1v) is 8.39. The highest BCUT2D eigenvalue weighted by Crippen LogP contribution is 2.38. The van der Waals surface area contributed by atoms with Gasteiger partial charge >= 0.3 is 0 Å². The van der Waals surface area contributed by atoms with Crippen molar-refractivity contribution in [3.8, 4) is 5.69 Å². The zero-order valence-electron chi connectivity index (χ0n) is 13.0. The maximum Gasteiger partial charge on any atom is 0.151 e. The lowest BCUT2D eigenvalue weighted by atomic mass is 9.81. The minimum Gasteiger partial charge on any atom is -0.301 e. The van der Waals surface area contributed by atoms with Gasteiger partial charge in [0.1, 0.15) is 12.1 Å². The van der Waals surface area contributed by atoms with Gasteiger partial charge in [0, 0.05) is 11.1 Å². The van der Waals surface area contributed by atoms with Gasteiger partial charge in [-0.25, -0.2) is 9.37 Å². The Morgan fingerprint density at radius 3 is 2.25 bits per heavy atom. The molecule has 3 rings (SSSR count). The number of hydrogen-bond acceptors (Lipinski definition) is 1. The molecule has 1 heterocycles. The van der Waals surface area contributed by atoms with Crippen LogP contribution >= 0.6 is 34.8 Å². The highest BCUT2D eigenvalue weighted by Gasteiger charge is 2.31. The molecule has 0 aliphatic heterocycles. The molecule has 124 valence electrons. The molecule has 3 aromatic rings. The van der Waals surface area contributed by atoms with Gasteiger partial charge in [-0.2, -0.15) is 0 Å². The van der Waals surface area contributed by atoms with E-state index in [4.69, 9.17) is 34.8 Å². The third-order valence-electron chi connectivity index (χ3n) is 4.06. The Hall–Kier alpha value is -1.55. The van der Waals surface area contributed by atoms with Crippen LogP contribution in [0, 0.1) is 5.82 Å². The van der Waals surface area contributed by atoms with Crippen molar-refractivity contribution in [1.82, 2.24) is 9.55 Å². The Balaban J connectivity index is 2.16. The van der Waals surface area contributed by atoms with Crippen LogP contribution in [0.25, 0.3) is 5.69 Å². The molecule has 0 bridgehead atoms. The van der Waals surface area contributed by atoms with Gasteiger partial charge in [0.2, 0.25) is 0 Å². The van der Waals surface area contributed by atoms with E-state index >= 15 is 0 Å². The summed E-state index contributed by atoms with van der Waals surface area (Å²) in [4.78, 5) is 4.22. The standard InChI is InChI=1S/C18H14Cl3FN2/c1-18(2,11-3-8-14(19)15(20)9-11)16-17(21)23-10-24(16)13-6-4-12(22)5-7-13/h3-10H,1-2H3. The van der Waals surface area contributed by atoms with Crippen molar-refractivity contribution >= 4 is 34.8 Å². The quantitative estimate of drug-likeness (QED) is 0.519. The summed E-state index contributed by atoms with van der Waals surface area (Å²) in [6.07, 6.45) is 1.63. The third kappa shape index (κ3) is 3.04. The lowest BCUT2D eigenvalue weighted by molar-refractivity contribution is 0.601. The molecular formula is C18H14Cl3FN2. The molecule has 0 fully saturated rings. The molecule has 0 aliphatic rings. The van der Waals surface area contributed by atoms with Crippen LogP contribution in [0.4, 0.5) is 4.39 Å². The average molecular weight is 384 g/mol.